The number of carbonyl (C=O) groups excluding carboxylic acids is 2. The van der Waals surface area contributed by atoms with Crippen LogP contribution in [-0.4, -0.2) is 82.4 Å². The summed E-state index contributed by atoms with van der Waals surface area (Å²) in [6.45, 7) is 0.652. The number of amides is 2. The van der Waals surface area contributed by atoms with E-state index in [1.54, 1.807) is 0 Å². The number of benzene rings is 2. The van der Waals surface area contributed by atoms with Crippen molar-refractivity contribution >= 4 is 24.2 Å². The van der Waals surface area contributed by atoms with Crippen molar-refractivity contribution in [3.63, 3.8) is 0 Å². The molecule has 2 aliphatic rings. The van der Waals surface area contributed by atoms with Gasteiger partial charge < -0.3 is 31.5 Å². The Morgan fingerprint density at radius 3 is 1.28 bits per heavy atom. The second kappa shape index (κ2) is 14.6. The summed E-state index contributed by atoms with van der Waals surface area (Å²) < 4.78 is 51.6. The van der Waals surface area contributed by atoms with Crippen LogP contribution >= 0.6 is 12.4 Å². The molecule has 8 nitrogen and oxygen atoms in total. The number of aliphatic hydroxyl groups excluding tert-OH is 2. The van der Waals surface area contributed by atoms with E-state index >= 15 is 0 Å². The van der Waals surface area contributed by atoms with Gasteiger partial charge in [0.2, 0.25) is 11.8 Å². The lowest BCUT2D eigenvalue weighted by Crippen LogP contribution is -2.46. The minimum Gasteiger partial charge on any atom is -0.386 e. The van der Waals surface area contributed by atoms with Gasteiger partial charge in [0.05, 0.1) is 13.1 Å². The number of nitrogens with zero attached hydrogens (tertiary/aromatic N) is 2. The average Bonchev–Trinajstić information content (AvgIpc) is 3.55. The van der Waals surface area contributed by atoms with E-state index in [1.807, 2.05) is 0 Å². The van der Waals surface area contributed by atoms with Gasteiger partial charge in [-0.1, -0.05) is 24.3 Å². The van der Waals surface area contributed by atoms with Crippen LogP contribution in [0.15, 0.2) is 48.5 Å². The van der Waals surface area contributed by atoms with Crippen LogP contribution in [-0.2, 0) is 9.59 Å². The summed E-state index contributed by atoms with van der Waals surface area (Å²) in [4.78, 5) is 26.6. The Morgan fingerprint density at radius 1 is 0.718 bits per heavy atom. The summed E-state index contributed by atoms with van der Waals surface area (Å²) in [6.07, 6.45) is -3.92. The first-order chi connectivity index (χ1) is 18.0. The van der Waals surface area contributed by atoms with Crippen molar-refractivity contribution in [3.05, 3.63) is 71.3 Å². The number of carbonyl (C=O) groups is 2. The molecular formula is C26H33ClF4N4O4. The number of hydrogen-bond acceptors (Lipinski definition) is 6. The Bertz CT molecular complexity index is 997. The zero-order chi connectivity index (χ0) is 28.0. The smallest absolute Gasteiger partial charge is 0.242 e. The first-order valence-corrected chi connectivity index (χ1v) is 12.2. The predicted octanol–water partition coefficient (Wildman–Crippen LogP) is 1.94. The Hall–Kier alpha value is -2.77. The minimum atomic E-state index is -1.23. The van der Waals surface area contributed by atoms with Gasteiger partial charge in [-0.05, 0) is 48.2 Å². The van der Waals surface area contributed by atoms with Crippen molar-refractivity contribution in [1.29, 1.82) is 0 Å². The fourth-order valence-corrected chi connectivity index (χ4v) is 4.26. The summed E-state index contributed by atoms with van der Waals surface area (Å²) in [5, 5.41) is 20.0. The first-order valence-electron chi connectivity index (χ1n) is 12.2. The number of nitrogens with two attached hydrogens (primary N) is 2. The zero-order valence-electron chi connectivity index (χ0n) is 21.0. The van der Waals surface area contributed by atoms with Gasteiger partial charge in [-0.2, -0.15) is 0 Å². The van der Waals surface area contributed by atoms with Gasteiger partial charge in [-0.15, -0.1) is 12.4 Å². The number of halogens is 5. The van der Waals surface area contributed by atoms with Crippen LogP contribution in [0.25, 0.3) is 0 Å². The highest BCUT2D eigenvalue weighted by Gasteiger charge is 2.34. The SMILES string of the molecule is Cl.N[C@@H](C(=O)N1CC[C@H](F)C1)[C@@H](O)c1ccc(F)cc1.N[C@H](C(=O)N1CC[C@H](F)C1)[C@H](O)c1ccc(F)cc1. The minimum absolute atomic E-state index is 0. The van der Waals surface area contributed by atoms with Crippen molar-refractivity contribution in [2.45, 2.75) is 49.5 Å². The molecule has 2 heterocycles. The van der Waals surface area contributed by atoms with Gasteiger partial charge in [-0.25, -0.2) is 17.6 Å². The van der Waals surface area contributed by atoms with E-state index in [9.17, 15) is 37.4 Å². The summed E-state index contributed by atoms with van der Waals surface area (Å²) in [6, 6.07) is 7.87. The van der Waals surface area contributed by atoms with E-state index in [1.165, 1.54) is 58.3 Å². The lowest BCUT2D eigenvalue weighted by molar-refractivity contribution is -0.135. The zero-order valence-corrected chi connectivity index (χ0v) is 21.8. The third-order valence-electron chi connectivity index (χ3n) is 6.56. The molecule has 216 valence electrons. The first kappa shape index (κ1) is 32.4. The summed E-state index contributed by atoms with van der Waals surface area (Å²) in [5.41, 5.74) is 12.1. The van der Waals surface area contributed by atoms with Gasteiger partial charge in [0.25, 0.3) is 0 Å². The van der Waals surface area contributed by atoms with E-state index in [2.05, 4.69) is 0 Å². The average molecular weight is 577 g/mol. The van der Waals surface area contributed by atoms with Gasteiger partial charge in [0.15, 0.2) is 0 Å². The van der Waals surface area contributed by atoms with Crippen molar-refractivity contribution in [1.82, 2.24) is 9.80 Å². The predicted molar refractivity (Wildman–Crippen MR) is 138 cm³/mol. The number of alkyl halides is 2. The Kier molecular flexibility index (Phi) is 12.1. The molecule has 2 fully saturated rings. The van der Waals surface area contributed by atoms with Crippen LogP contribution in [0.3, 0.4) is 0 Å². The molecule has 2 aliphatic heterocycles. The van der Waals surface area contributed by atoms with E-state index in [0.29, 0.717) is 37.1 Å². The topological polar surface area (TPSA) is 133 Å². The van der Waals surface area contributed by atoms with Gasteiger partial charge in [0.1, 0.15) is 48.3 Å². The van der Waals surface area contributed by atoms with Crippen LogP contribution in [0.5, 0.6) is 0 Å². The maximum atomic E-state index is 13.0. The highest BCUT2D eigenvalue weighted by molar-refractivity contribution is 5.85. The molecule has 4 rings (SSSR count). The lowest BCUT2D eigenvalue weighted by Gasteiger charge is -2.24. The Morgan fingerprint density at radius 2 is 1.03 bits per heavy atom. The molecule has 0 bridgehead atoms. The molecule has 13 heteroatoms. The molecule has 6 N–H and O–H groups in total. The summed E-state index contributed by atoms with van der Waals surface area (Å²) in [5.74, 6) is -1.85. The van der Waals surface area contributed by atoms with Crippen molar-refractivity contribution in [3.8, 4) is 0 Å². The number of rotatable bonds is 6. The molecule has 0 radical (unpaired) electrons. The molecule has 6 atom stereocenters. The molecule has 2 aromatic carbocycles. The Labute approximate surface area is 230 Å². The maximum absolute atomic E-state index is 13.0. The van der Waals surface area contributed by atoms with Gasteiger partial charge in [-0.3, -0.25) is 9.59 Å². The fraction of sp³-hybridized carbons (Fsp3) is 0.462. The van der Waals surface area contributed by atoms with Gasteiger partial charge in [0, 0.05) is 13.1 Å². The van der Waals surface area contributed by atoms with Crippen LogP contribution in [0.2, 0.25) is 0 Å². The second-order valence-corrected chi connectivity index (χ2v) is 9.38. The highest BCUT2D eigenvalue weighted by atomic mass is 35.5. The maximum Gasteiger partial charge on any atom is 0.242 e. The fourth-order valence-electron chi connectivity index (χ4n) is 4.26. The second-order valence-electron chi connectivity index (χ2n) is 9.38. The lowest BCUT2D eigenvalue weighted by atomic mass is 10.0. The van der Waals surface area contributed by atoms with Crippen LogP contribution < -0.4 is 11.5 Å². The number of hydrogen-bond donors (Lipinski definition) is 4. The molecule has 0 aliphatic carbocycles. The highest BCUT2D eigenvalue weighted by Crippen LogP contribution is 2.21. The van der Waals surface area contributed by atoms with E-state index in [-0.39, 0.29) is 25.5 Å². The third-order valence-corrected chi connectivity index (χ3v) is 6.56. The van der Waals surface area contributed by atoms with E-state index in [4.69, 9.17) is 11.5 Å². The quantitative estimate of drug-likeness (QED) is 0.389. The molecule has 39 heavy (non-hydrogen) atoms. The molecule has 0 saturated carbocycles. The normalized spacial score (nSPS) is 21.7. The van der Waals surface area contributed by atoms with Crippen molar-refractivity contribution in [2.24, 2.45) is 11.5 Å². The standard InChI is InChI=1S/2C13H16F2N2O2.ClH/c2*14-9-3-1-8(2-4-9)12(18)11(16)13(19)17-6-5-10(15)7-17;/h2*1-4,10-12,18H,5-7,16H2;1H/t10-,11+,12-;10-,11-,12+;/m00./s1. The molecule has 2 aromatic rings. The molecule has 0 unspecified atom stereocenters. The molecule has 2 amide bonds. The largest absolute Gasteiger partial charge is 0.386 e. The summed E-state index contributed by atoms with van der Waals surface area (Å²) >= 11 is 0. The number of aliphatic hydroxyl groups is 2. The third kappa shape index (κ3) is 8.61. The monoisotopic (exact) mass is 576 g/mol. The van der Waals surface area contributed by atoms with Gasteiger partial charge >= 0.3 is 0 Å². The van der Waals surface area contributed by atoms with Crippen molar-refractivity contribution in [2.75, 3.05) is 26.2 Å². The summed E-state index contributed by atoms with van der Waals surface area (Å²) in [7, 11) is 0. The Balaban J connectivity index is 0.000000267. The van der Waals surface area contributed by atoms with Crippen LogP contribution in [0.4, 0.5) is 17.6 Å². The molecule has 0 spiro atoms. The van der Waals surface area contributed by atoms with Crippen LogP contribution in [0, 0.1) is 11.6 Å². The van der Waals surface area contributed by atoms with Crippen LogP contribution in [0.1, 0.15) is 36.2 Å². The molecule has 2 saturated heterocycles. The number of likely N-dealkylation sites (tertiary alicyclic amines) is 2. The molecular weight excluding hydrogens is 544 g/mol. The van der Waals surface area contributed by atoms with E-state index < -0.39 is 60.1 Å². The van der Waals surface area contributed by atoms with E-state index in [0.717, 1.165) is 0 Å². The molecule has 0 aromatic heterocycles. The van der Waals surface area contributed by atoms with Crippen molar-refractivity contribution < 1.29 is 37.4 Å².